The third kappa shape index (κ3) is 4.87. The zero-order chi connectivity index (χ0) is 31.8. The number of aliphatic hydroxyl groups excluding tert-OH is 1. The Bertz CT molecular complexity index is 1120. The van der Waals surface area contributed by atoms with Crippen LogP contribution < -0.4 is 0 Å². The van der Waals surface area contributed by atoms with Crippen molar-refractivity contribution in [3.63, 3.8) is 0 Å². The summed E-state index contributed by atoms with van der Waals surface area (Å²) < 4.78 is 6.23. The molecule has 0 radical (unpaired) electrons. The Kier molecular flexibility index (Phi) is 8.35. The Morgan fingerprint density at radius 2 is 1.58 bits per heavy atom. The second kappa shape index (κ2) is 10.9. The molecule has 5 rings (SSSR count). The summed E-state index contributed by atoms with van der Waals surface area (Å²) in [7, 11) is 0. The third-order valence-corrected chi connectivity index (χ3v) is 15.5. The number of rotatable bonds is 8. The molecule has 2 unspecified atom stereocenters. The van der Waals surface area contributed by atoms with E-state index in [0.717, 1.165) is 25.7 Å². The molecule has 0 aromatic heterocycles. The minimum absolute atomic E-state index is 0.0866. The minimum atomic E-state index is -0.822. The zero-order valence-electron chi connectivity index (χ0n) is 28.7. The number of esters is 1. The van der Waals surface area contributed by atoms with E-state index >= 15 is 0 Å². The number of ether oxygens (including phenoxy) is 1. The second-order valence-electron chi connectivity index (χ2n) is 18.1. The first-order valence-corrected chi connectivity index (χ1v) is 17.6. The molecule has 0 aromatic rings. The average Bonchev–Trinajstić information content (AvgIpc) is 3.31. The van der Waals surface area contributed by atoms with Crippen LogP contribution in [0.15, 0.2) is 12.2 Å². The number of carboxylic acid groups (broad SMARTS) is 1. The highest BCUT2D eigenvalue weighted by Crippen LogP contribution is 2.77. The number of carboxylic acids is 1. The summed E-state index contributed by atoms with van der Waals surface area (Å²) in [5.74, 6) is 1.92. The molecule has 10 atom stereocenters. The number of aliphatic hydroxyl groups is 1. The standard InChI is InChI=1S/C38H62O5/c1-24(2)25-14-20-38(23-39)22-21-36(8)26(31(25)38)12-13-28-35(7)18-16-29(34(5,6)27(35)15-19-37(28,36)9)43-30(40)11-10-17-33(3,4)32(41)42/h25-29,31,39H,1,10-23H2,2-9H3,(H,41,42)/t25-,26+,27-,28?,29-,31?,35-,36+,37+,38+/m0/s1. The SMILES string of the molecule is C=C(C)[C@@H]1CC[C@]2(CO)CC[C@]3(C)[C@H](CCC4[C@@]5(C)CC[C@H](OC(=O)CCCC(C)(C)C(=O)O)C(C)(C)[C@@H]5CC[C@]43C)C12. The predicted octanol–water partition coefficient (Wildman–Crippen LogP) is 8.83. The molecule has 5 fully saturated rings. The molecule has 5 aliphatic carbocycles. The van der Waals surface area contributed by atoms with E-state index in [1.54, 1.807) is 13.8 Å². The fourth-order valence-electron chi connectivity index (χ4n) is 12.7. The number of hydrogen-bond acceptors (Lipinski definition) is 4. The number of hydrogen-bond donors (Lipinski definition) is 2. The predicted molar refractivity (Wildman–Crippen MR) is 171 cm³/mol. The normalized spacial score (nSPS) is 45.2. The van der Waals surface area contributed by atoms with Crippen molar-refractivity contribution in [2.45, 2.75) is 145 Å². The summed E-state index contributed by atoms with van der Waals surface area (Å²) in [6, 6.07) is 0. The zero-order valence-corrected chi connectivity index (χ0v) is 28.7. The van der Waals surface area contributed by atoms with Crippen LogP contribution in [0.1, 0.15) is 139 Å². The van der Waals surface area contributed by atoms with Crippen molar-refractivity contribution in [2.24, 2.45) is 62.1 Å². The lowest BCUT2D eigenvalue weighted by Gasteiger charge is -2.73. The number of carbonyl (C=O) groups is 2. The topological polar surface area (TPSA) is 83.8 Å². The van der Waals surface area contributed by atoms with Crippen molar-refractivity contribution in [1.29, 1.82) is 0 Å². The van der Waals surface area contributed by atoms with Gasteiger partial charge in [-0.3, -0.25) is 9.59 Å². The van der Waals surface area contributed by atoms with E-state index in [-0.39, 0.29) is 45.6 Å². The lowest BCUT2D eigenvalue weighted by atomic mass is 9.32. The highest BCUT2D eigenvalue weighted by molar-refractivity contribution is 5.74. The third-order valence-electron chi connectivity index (χ3n) is 15.5. The van der Waals surface area contributed by atoms with Gasteiger partial charge in [0.1, 0.15) is 6.10 Å². The maximum absolute atomic E-state index is 13.0. The Balaban J connectivity index is 1.34. The first-order valence-electron chi connectivity index (χ1n) is 17.6. The Morgan fingerprint density at radius 1 is 0.884 bits per heavy atom. The number of carbonyl (C=O) groups excluding carboxylic acids is 1. The van der Waals surface area contributed by atoms with Crippen LogP contribution in [0, 0.1) is 62.1 Å². The quantitative estimate of drug-likeness (QED) is 0.215. The van der Waals surface area contributed by atoms with Gasteiger partial charge in [0.25, 0.3) is 0 Å². The molecular formula is C38H62O5. The molecule has 5 saturated carbocycles. The van der Waals surface area contributed by atoms with Gasteiger partial charge in [0.15, 0.2) is 0 Å². The first kappa shape index (κ1) is 33.0. The largest absolute Gasteiger partial charge is 0.481 e. The van der Waals surface area contributed by atoms with Crippen molar-refractivity contribution < 1.29 is 24.5 Å². The van der Waals surface area contributed by atoms with Gasteiger partial charge in [-0.15, -0.1) is 0 Å². The van der Waals surface area contributed by atoms with E-state index in [9.17, 15) is 19.8 Å². The van der Waals surface area contributed by atoms with Crippen LogP contribution in [0.4, 0.5) is 0 Å². The Labute approximate surface area is 262 Å². The summed E-state index contributed by atoms with van der Waals surface area (Å²) >= 11 is 0. The van der Waals surface area contributed by atoms with Crippen molar-refractivity contribution in [3.05, 3.63) is 12.2 Å². The fraction of sp³-hybridized carbons (Fsp3) is 0.895. The maximum Gasteiger partial charge on any atom is 0.309 e. The van der Waals surface area contributed by atoms with Crippen LogP contribution in [-0.4, -0.2) is 34.9 Å². The smallest absolute Gasteiger partial charge is 0.309 e. The van der Waals surface area contributed by atoms with Crippen molar-refractivity contribution >= 4 is 11.9 Å². The average molecular weight is 599 g/mol. The number of aliphatic carboxylic acids is 1. The summed E-state index contributed by atoms with van der Waals surface area (Å²) in [6.07, 6.45) is 12.9. The molecule has 5 nitrogen and oxygen atoms in total. The van der Waals surface area contributed by atoms with Gasteiger partial charge in [-0.1, -0.05) is 46.8 Å². The van der Waals surface area contributed by atoms with Gasteiger partial charge >= 0.3 is 11.9 Å². The van der Waals surface area contributed by atoms with Gasteiger partial charge in [0.05, 0.1) is 5.41 Å². The van der Waals surface area contributed by atoms with Crippen molar-refractivity contribution in [1.82, 2.24) is 0 Å². The van der Waals surface area contributed by atoms with Crippen LogP contribution in [0.5, 0.6) is 0 Å². The van der Waals surface area contributed by atoms with Crippen LogP contribution in [0.2, 0.25) is 0 Å². The molecule has 0 aromatic carbocycles. The Morgan fingerprint density at radius 3 is 2.21 bits per heavy atom. The summed E-state index contributed by atoms with van der Waals surface area (Å²) in [5, 5.41) is 20.2. The maximum atomic E-state index is 13.0. The van der Waals surface area contributed by atoms with E-state index in [0.29, 0.717) is 49.0 Å². The van der Waals surface area contributed by atoms with Crippen LogP contribution >= 0.6 is 0 Å². The fourth-order valence-corrected chi connectivity index (χ4v) is 12.7. The summed E-state index contributed by atoms with van der Waals surface area (Å²) in [4.78, 5) is 24.5. The van der Waals surface area contributed by atoms with Crippen molar-refractivity contribution in [3.8, 4) is 0 Å². The summed E-state index contributed by atoms with van der Waals surface area (Å²) in [5.41, 5.74) is 1.24. The van der Waals surface area contributed by atoms with Gasteiger partial charge in [0, 0.05) is 18.4 Å². The second-order valence-corrected chi connectivity index (χ2v) is 18.1. The van der Waals surface area contributed by atoms with Crippen LogP contribution in [-0.2, 0) is 14.3 Å². The summed E-state index contributed by atoms with van der Waals surface area (Å²) in [6.45, 7) is 23.0. The molecule has 0 bridgehead atoms. The van der Waals surface area contributed by atoms with E-state index in [4.69, 9.17) is 4.74 Å². The molecular weight excluding hydrogens is 536 g/mol. The van der Waals surface area contributed by atoms with Crippen LogP contribution in [0.3, 0.4) is 0 Å². The van der Waals surface area contributed by atoms with Gasteiger partial charge < -0.3 is 14.9 Å². The first-order chi connectivity index (χ1) is 19.9. The highest BCUT2D eigenvalue weighted by Gasteiger charge is 2.71. The number of fused-ring (bicyclic) bond motifs is 7. The molecule has 5 heteroatoms. The molecule has 0 aliphatic heterocycles. The molecule has 0 saturated heterocycles. The van der Waals surface area contributed by atoms with Gasteiger partial charge in [-0.25, -0.2) is 0 Å². The minimum Gasteiger partial charge on any atom is -0.481 e. The monoisotopic (exact) mass is 598 g/mol. The lowest BCUT2D eigenvalue weighted by molar-refractivity contribution is -0.251. The van der Waals surface area contributed by atoms with Crippen molar-refractivity contribution in [2.75, 3.05) is 6.61 Å². The molecule has 0 spiro atoms. The van der Waals surface area contributed by atoms with E-state index < -0.39 is 11.4 Å². The highest BCUT2D eigenvalue weighted by atomic mass is 16.5. The lowest BCUT2D eigenvalue weighted by Crippen LogP contribution is -2.67. The van der Waals surface area contributed by atoms with E-state index in [1.807, 2.05) is 0 Å². The molecule has 0 heterocycles. The van der Waals surface area contributed by atoms with E-state index in [1.165, 1.54) is 44.1 Å². The van der Waals surface area contributed by atoms with Gasteiger partial charge in [0.2, 0.25) is 0 Å². The Hall–Kier alpha value is -1.36. The molecule has 0 amide bonds. The molecule has 244 valence electrons. The molecule has 5 aliphatic rings. The molecule has 2 N–H and O–H groups in total. The number of allylic oxidation sites excluding steroid dienone is 1. The van der Waals surface area contributed by atoms with Gasteiger partial charge in [-0.2, -0.15) is 0 Å². The van der Waals surface area contributed by atoms with E-state index in [2.05, 4.69) is 48.1 Å². The van der Waals surface area contributed by atoms with Gasteiger partial charge in [-0.05, 0) is 149 Å². The van der Waals surface area contributed by atoms with Crippen LogP contribution in [0.25, 0.3) is 0 Å². The molecule has 43 heavy (non-hydrogen) atoms.